The topological polar surface area (TPSA) is 32.3 Å². The van der Waals surface area contributed by atoms with Crippen LogP contribution in [0, 0.1) is 0 Å². The number of rotatable bonds is 7. The minimum Gasteiger partial charge on any atom is -0.395 e. The molecule has 2 unspecified atom stereocenters. The maximum atomic E-state index is 13.9. The van der Waals surface area contributed by atoms with E-state index >= 15 is 0 Å². The average molecular weight is 275 g/mol. The van der Waals surface area contributed by atoms with Gasteiger partial charge in [-0.3, -0.25) is 0 Å². The molecule has 0 aliphatic carbocycles. The Morgan fingerprint density at radius 2 is 1.94 bits per heavy atom. The molecule has 0 saturated heterocycles. The molecular weight excluding hydrogens is 256 g/mol. The molecule has 0 aliphatic rings. The molecule has 5 heteroatoms. The van der Waals surface area contributed by atoms with Crippen molar-refractivity contribution in [1.29, 1.82) is 0 Å². The standard InChI is InChI=1S/C13H19F2NOS/c1-10(12(8-17)18-2)16-9-13(14,15)11-6-4-3-5-7-11/h3-7,10,12,16-17H,8-9H2,1-2H3. The summed E-state index contributed by atoms with van der Waals surface area (Å²) < 4.78 is 27.7. The van der Waals surface area contributed by atoms with Crippen LogP contribution in [-0.4, -0.2) is 35.8 Å². The Balaban J connectivity index is 2.57. The zero-order valence-corrected chi connectivity index (χ0v) is 11.4. The highest BCUT2D eigenvalue weighted by Gasteiger charge is 2.32. The fourth-order valence-corrected chi connectivity index (χ4v) is 2.29. The van der Waals surface area contributed by atoms with E-state index in [-0.39, 0.29) is 23.5 Å². The summed E-state index contributed by atoms with van der Waals surface area (Å²) in [4.78, 5) is 0. The number of aliphatic hydroxyl groups excluding tert-OH is 1. The van der Waals surface area contributed by atoms with Crippen LogP contribution < -0.4 is 5.32 Å². The van der Waals surface area contributed by atoms with Gasteiger partial charge >= 0.3 is 0 Å². The van der Waals surface area contributed by atoms with Gasteiger partial charge in [0.15, 0.2) is 0 Å². The van der Waals surface area contributed by atoms with Crippen LogP contribution in [0.2, 0.25) is 0 Å². The Morgan fingerprint density at radius 3 is 2.44 bits per heavy atom. The Morgan fingerprint density at radius 1 is 1.33 bits per heavy atom. The van der Waals surface area contributed by atoms with Crippen molar-refractivity contribution >= 4 is 11.8 Å². The molecule has 0 amide bonds. The lowest BCUT2D eigenvalue weighted by Crippen LogP contribution is -2.42. The van der Waals surface area contributed by atoms with Gasteiger partial charge in [-0.2, -0.15) is 20.5 Å². The molecule has 0 heterocycles. The van der Waals surface area contributed by atoms with Crippen molar-refractivity contribution in [2.75, 3.05) is 19.4 Å². The van der Waals surface area contributed by atoms with E-state index in [1.54, 1.807) is 25.1 Å². The predicted octanol–water partition coefficient (Wildman–Crippen LogP) is 2.48. The Labute approximate surface area is 111 Å². The van der Waals surface area contributed by atoms with Crippen molar-refractivity contribution in [3.05, 3.63) is 35.9 Å². The first-order valence-corrected chi connectivity index (χ1v) is 7.10. The first kappa shape index (κ1) is 15.4. The quantitative estimate of drug-likeness (QED) is 0.802. The van der Waals surface area contributed by atoms with Crippen LogP contribution in [0.15, 0.2) is 30.3 Å². The van der Waals surface area contributed by atoms with Crippen LogP contribution in [0.5, 0.6) is 0 Å². The summed E-state index contributed by atoms with van der Waals surface area (Å²) in [6.45, 7) is 1.36. The zero-order chi connectivity index (χ0) is 13.6. The third kappa shape index (κ3) is 4.23. The highest BCUT2D eigenvalue weighted by Crippen LogP contribution is 2.27. The lowest BCUT2D eigenvalue weighted by atomic mass is 10.1. The molecule has 2 nitrogen and oxygen atoms in total. The summed E-state index contributed by atoms with van der Waals surface area (Å²) in [7, 11) is 0. The number of nitrogens with one attached hydrogen (secondary N) is 1. The molecule has 0 saturated carbocycles. The normalized spacial score (nSPS) is 15.4. The molecule has 0 aliphatic heterocycles. The number of aliphatic hydroxyl groups is 1. The molecule has 0 fully saturated rings. The molecule has 2 atom stereocenters. The lowest BCUT2D eigenvalue weighted by Gasteiger charge is -2.24. The van der Waals surface area contributed by atoms with Crippen molar-refractivity contribution in [2.45, 2.75) is 24.1 Å². The Kier molecular flexibility index (Phi) is 6.05. The molecule has 18 heavy (non-hydrogen) atoms. The second-order valence-electron chi connectivity index (χ2n) is 4.20. The van der Waals surface area contributed by atoms with Gasteiger partial charge in [0.05, 0.1) is 13.2 Å². The second kappa shape index (κ2) is 7.07. The third-order valence-electron chi connectivity index (χ3n) is 2.88. The van der Waals surface area contributed by atoms with Gasteiger partial charge in [0.2, 0.25) is 0 Å². The highest BCUT2D eigenvalue weighted by molar-refractivity contribution is 7.99. The van der Waals surface area contributed by atoms with Crippen LogP contribution in [0.1, 0.15) is 12.5 Å². The number of alkyl halides is 2. The molecule has 0 bridgehead atoms. The molecule has 0 spiro atoms. The molecule has 1 rings (SSSR count). The van der Waals surface area contributed by atoms with Crippen molar-refractivity contribution in [1.82, 2.24) is 5.32 Å². The van der Waals surface area contributed by atoms with Gasteiger partial charge in [-0.1, -0.05) is 30.3 Å². The fourth-order valence-electron chi connectivity index (χ4n) is 1.64. The molecule has 1 aromatic rings. The van der Waals surface area contributed by atoms with E-state index in [9.17, 15) is 8.78 Å². The number of hydrogen-bond acceptors (Lipinski definition) is 3. The maximum Gasteiger partial charge on any atom is 0.285 e. The van der Waals surface area contributed by atoms with Gasteiger partial charge in [0.25, 0.3) is 5.92 Å². The average Bonchev–Trinajstić information content (AvgIpc) is 2.39. The summed E-state index contributed by atoms with van der Waals surface area (Å²) in [6, 6.07) is 7.59. The molecule has 2 N–H and O–H groups in total. The second-order valence-corrected chi connectivity index (χ2v) is 5.27. The van der Waals surface area contributed by atoms with Gasteiger partial charge in [-0.15, -0.1) is 0 Å². The molecule has 1 aromatic carbocycles. The third-order valence-corrected chi connectivity index (χ3v) is 4.05. The van der Waals surface area contributed by atoms with Crippen LogP contribution in [0.3, 0.4) is 0 Å². The number of halogens is 2. The van der Waals surface area contributed by atoms with E-state index < -0.39 is 12.5 Å². The van der Waals surface area contributed by atoms with Crippen LogP contribution in [0.25, 0.3) is 0 Å². The Hall–Kier alpha value is -0.650. The Bertz CT molecular complexity index is 344. The SMILES string of the molecule is CSC(CO)C(C)NCC(F)(F)c1ccccc1. The number of benzene rings is 1. The summed E-state index contributed by atoms with van der Waals surface area (Å²) >= 11 is 1.47. The fraction of sp³-hybridized carbons (Fsp3) is 0.538. The highest BCUT2D eigenvalue weighted by atomic mass is 32.2. The minimum atomic E-state index is -2.89. The first-order valence-electron chi connectivity index (χ1n) is 5.81. The van der Waals surface area contributed by atoms with E-state index in [2.05, 4.69) is 5.32 Å². The molecule has 0 radical (unpaired) electrons. The van der Waals surface area contributed by atoms with Crippen molar-refractivity contribution in [3.8, 4) is 0 Å². The molecule has 0 aromatic heterocycles. The van der Waals surface area contributed by atoms with Crippen LogP contribution in [-0.2, 0) is 5.92 Å². The van der Waals surface area contributed by atoms with Gasteiger partial charge in [-0.25, -0.2) is 0 Å². The maximum absolute atomic E-state index is 13.9. The van der Waals surface area contributed by atoms with Crippen LogP contribution in [0.4, 0.5) is 8.78 Å². The van der Waals surface area contributed by atoms with Crippen molar-refractivity contribution in [2.24, 2.45) is 0 Å². The van der Waals surface area contributed by atoms with E-state index in [1.165, 1.54) is 23.9 Å². The summed E-state index contributed by atoms with van der Waals surface area (Å²) in [5.41, 5.74) is 0.00870. The van der Waals surface area contributed by atoms with Gasteiger partial charge in [-0.05, 0) is 13.2 Å². The zero-order valence-electron chi connectivity index (χ0n) is 10.6. The van der Waals surface area contributed by atoms with Gasteiger partial charge < -0.3 is 10.4 Å². The van der Waals surface area contributed by atoms with Crippen LogP contribution >= 0.6 is 11.8 Å². The number of hydrogen-bond donors (Lipinski definition) is 2. The molecule has 102 valence electrons. The van der Waals surface area contributed by atoms with E-state index in [0.29, 0.717) is 0 Å². The lowest BCUT2D eigenvalue weighted by molar-refractivity contribution is -0.00567. The van der Waals surface area contributed by atoms with Gasteiger partial charge in [0, 0.05) is 16.9 Å². The van der Waals surface area contributed by atoms with Crippen molar-refractivity contribution < 1.29 is 13.9 Å². The summed E-state index contributed by atoms with van der Waals surface area (Å²) in [6.07, 6.45) is 1.86. The van der Waals surface area contributed by atoms with E-state index in [4.69, 9.17) is 5.11 Å². The van der Waals surface area contributed by atoms with E-state index in [1.807, 2.05) is 6.26 Å². The van der Waals surface area contributed by atoms with Gasteiger partial charge in [0.1, 0.15) is 0 Å². The molecular formula is C13H19F2NOS. The van der Waals surface area contributed by atoms with E-state index in [0.717, 1.165) is 0 Å². The summed E-state index contributed by atoms with van der Waals surface area (Å²) in [5, 5.41) is 11.8. The summed E-state index contributed by atoms with van der Waals surface area (Å²) in [5.74, 6) is -2.89. The largest absolute Gasteiger partial charge is 0.395 e. The smallest absolute Gasteiger partial charge is 0.285 e. The monoisotopic (exact) mass is 275 g/mol. The van der Waals surface area contributed by atoms with Crippen molar-refractivity contribution in [3.63, 3.8) is 0 Å². The first-order chi connectivity index (χ1) is 8.51. The minimum absolute atomic E-state index is 0.00870. The predicted molar refractivity (Wildman–Crippen MR) is 72.2 cm³/mol. The number of thioether (sulfide) groups is 1.